The zero-order chi connectivity index (χ0) is 13.9. The average molecular weight is 274 g/mol. The first-order valence-corrected chi connectivity index (χ1v) is 6.40. The number of hydrogen-bond acceptors (Lipinski definition) is 5. The van der Waals surface area contributed by atoms with Gasteiger partial charge in [0.25, 0.3) is 0 Å². The second-order valence-electron chi connectivity index (χ2n) is 4.73. The molecule has 1 aromatic rings. The first-order chi connectivity index (χ1) is 9.79. The second-order valence-corrected chi connectivity index (χ2v) is 4.73. The molecule has 104 valence electrons. The maximum Gasteiger partial charge on any atom is 0.217 e. The van der Waals surface area contributed by atoms with Crippen LogP contribution in [-0.4, -0.2) is 48.5 Å². The lowest BCUT2D eigenvalue weighted by Gasteiger charge is -2.34. The summed E-state index contributed by atoms with van der Waals surface area (Å²) in [5.41, 5.74) is 9.20. The monoisotopic (exact) mass is 274 g/mol. The largest absolute Gasteiger partial charge is 0.469 e. The molecule has 0 radical (unpaired) electrons. The minimum atomic E-state index is -0.857. The van der Waals surface area contributed by atoms with Gasteiger partial charge in [0.05, 0.1) is 19.3 Å². The van der Waals surface area contributed by atoms with Gasteiger partial charge >= 0.3 is 0 Å². The van der Waals surface area contributed by atoms with Crippen molar-refractivity contribution in [3.8, 4) is 0 Å². The third-order valence-electron chi connectivity index (χ3n) is 3.45. The molecule has 1 N–H and O–H groups in total. The number of nitrogens with zero attached hydrogens (tertiary/aromatic N) is 4. The predicted octanol–water partition coefficient (Wildman–Crippen LogP) is 1.27. The van der Waals surface area contributed by atoms with Gasteiger partial charge in [-0.05, 0) is 17.7 Å². The summed E-state index contributed by atoms with van der Waals surface area (Å²) in [5, 5.41) is 13.7. The van der Waals surface area contributed by atoms with Gasteiger partial charge in [0, 0.05) is 10.5 Å². The Morgan fingerprint density at radius 3 is 2.95 bits per heavy atom. The minimum absolute atomic E-state index is 0.0882. The van der Waals surface area contributed by atoms with E-state index < -0.39 is 18.3 Å². The first kappa shape index (κ1) is 12.9. The highest BCUT2D eigenvalue weighted by atomic mass is 16.6. The van der Waals surface area contributed by atoms with Crippen molar-refractivity contribution < 1.29 is 14.6 Å². The van der Waals surface area contributed by atoms with E-state index in [0.717, 1.165) is 5.56 Å². The van der Waals surface area contributed by atoms with Crippen LogP contribution in [0.3, 0.4) is 0 Å². The van der Waals surface area contributed by atoms with Crippen molar-refractivity contribution in [2.45, 2.75) is 24.4 Å². The Bertz CT molecular complexity index is 556. The van der Waals surface area contributed by atoms with Crippen LogP contribution >= 0.6 is 0 Å². The van der Waals surface area contributed by atoms with E-state index in [0.29, 0.717) is 12.5 Å². The number of rotatable bonds is 3. The number of aliphatic hydroxyl groups is 1. The first-order valence-electron chi connectivity index (χ1n) is 6.40. The van der Waals surface area contributed by atoms with Gasteiger partial charge in [0.15, 0.2) is 6.10 Å². The average Bonchev–Trinajstić information content (AvgIpc) is 2.93. The van der Waals surface area contributed by atoms with Crippen LogP contribution in [0.4, 0.5) is 0 Å². The number of azide groups is 1. The molecule has 2 aliphatic heterocycles. The summed E-state index contributed by atoms with van der Waals surface area (Å²) in [6.45, 7) is 0.439. The molecule has 0 saturated carbocycles. The molecule has 7 nitrogen and oxygen atoms in total. The second kappa shape index (κ2) is 5.50. The normalized spacial score (nSPS) is 31.8. The van der Waals surface area contributed by atoms with Crippen molar-refractivity contribution in [3.63, 3.8) is 0 Å². The fraction of sp³-hybridized carbons (Fsp3) is 0.462. The van der Waals surface area contributed by atoms with Crippen LogP contribution in [-0.2, 0) is 9.47 Å². The molecule has 2 heterocycles. The molecular formula is C13H14N4O3. The van der Waals surface area contributed by atoms with E-state index >= 15 is 0 Å². The van der Waals surface area contributed by atoms with Gasteiger partial charge in [-0.15, -0.1) is 0 Å². The summed E-state index contributed by atoms with van der Waals surface area (Å²) in [5.74, 6) is 0.521. The lowest BCUT2D eigenvalue weighted by molar-refractivity contribution is -0.125. The molecule has 1 saturated heterocycles. The Morgan fingerprint density at radius 2 is 2.20 bits per heavy atom. The predicted molar refractivity (Wildman–Crippen MR) is 71.4 cm³/mol. The van der Waals surface area contributed by atoms with Crippen LogP contribution in [0.5, 0.6) is 0 Å². The zero-order valence-electron chi connectivity index (χ0n) is 10.7. The molecule has 0 aliphatic carbocycles. The highest BCUT2D eigenvalue weighted by Gasteiger charge is 2.44. The molecule has 0 unspecified atom stereocenters. The SMILES string of the molecule is [N-]=[N+]=NC[C@H]1OC[C@H]2N=C(c3ccccc3)O[C@H]2[C@@H]1O. The number of hydrogen-bond donors (Lipinski definition) is 1. The van der Waals surface area contributed by atoms with E-state index in [1.54, 1.807) is 0 Å². The maximum atomic E-state index is 10.2. The molecule has 2 aliphatic rings. The fourth-order valence-corrected chi connectivity index (χ4v) is 2.42. The van der Waals surface area contributed by atoms with E-state index in [2.05, 4.69) is 15.0 Å². The van der Waals surface area contributed by atoms with Crippen molar-refractivity contribution in [1.82, 2.24) is 0 Å². The zero-order valence-corrected chi connectivity index (χ0v) is 10.7. The van der Waals surface area contributed by atoms with Crippen molar-refractivity contribution in [1.29, 1.82) is 0 Å². The smallest absolute Gasteiger partial charge is 0.217 e. The topological polar surface area (TPSA) is 99.8 Å². The van der Waals surface area contributed by atoms with Gasteiger partial charge in [-0.2, -0.15) is 0 Å². The molecule has 0 amide bonds. The number of benzene rings is 1. The quantitative estimate of drug-likeness (QED) is 0.510. The molecule has 1 fully saturated rings. The summed E-state index contributed by atoms with van der Waals surface area (Å²) >= 11 is 0. The molecule has 0 bridgehead atoms. The summed E-state index contributed by atoms with van der Waals surface area (Å²) < 4.78 is 11.2. The number of fused-ring (bicyclic) bond motifs is 1. The molecule has 4 atom stereocenters. The van der Waals surface area contributed by atoms with E-state index in [9.17, 15) is 5.11 Å². The summed E-state index contributed by atoms with van der Waals surface area (Å²) in [4.78, 5) is 7.13. The maximum absolute atomic E-state index is 10.2. The third kappa shape index (κ3) is 2.34. The minimum Gasteiger partial charge on any atom is -0.469 e. The van der Waals surface area contributed by atoms with Crippen molar-refractivity contribution in [2.75, 3.05) is 13.2 Å². The van der Waals surface area contributed by atoms with Crippen LogP contribution < -0.4 is 0 Å². The van der Waals surface area contributed by atoms with E-state index in [1.165, 1.54) is 0 Å². The fourth-order valence-electron chi connectivity index (χ4n) is 2.42. The van der Waals surface area contributed by atoms with Gasteiger partial charge < -0.3 is 14.6 Å². The Morgan fingerprint density at radius 1 is 1.40 bits per heavy atom. The molecule has 7 heteroatoms. The number of aliphatic imine (C=N–C) groups is 1. The number of ether oxygens (including phenoxy) is 2. The molecule has 20 heavy (non-hydrogen) atoms. The van der Waals surface area contributed by atoms with Crippen molar-refractivity contribution >= 4 is 5.90 Å². The number of aliphatic hydroxyl groups excluding tert-OH is 1. The van der Waals surface area contributed by atoms with Crippen LogP contribution in [0.1, 0.15) is 5.56 Å². The van der Waals surface area contributed by atoms with Gasteiger partial charge in [0.1, 0.15) is 12.1 Å². The third-order valence-corrected chi connectivity index (χ3v) is 3.45. The summed E-state index contributed by atoms with van der Waals surface area (Å²) in [7, 11) is 0. The van der Waals surface area contributed by atoms with E-state index in [-0.39, 0.29) is 12.6 Å². The van der Waals surface area contributed by atoms with Crippen molar-refractivity contribution in [2.24, 2.45) is 10.1 Å². The van der Waals surface area contributed by atoms with Crippen LogP contribution in [0.25, 0.3) is 10.4 Å². The van der Waals surface area contributed by atoms with Crippen LogP contribution in [0.2, 0.25) is 0 Å². The standard InChI is InChI=1S/C13H14N4O3/c14-17-15-6-10-11(18)12-9(7-19-10)16-13(20-12)8-4-2-1-3-5-8/h1-5,9-12,18H,6-7H2/t9-,10-,11-,12-/m1/s1. The lowest BCUT2D eigenvalue weighted by atomic mass is 9.99. The summed E-state index contributed by atoms with van der Waals surface area (Å²) in [6.07, 6.45) is -1.85. The highest BCUT2D eigenvalue weighted by Crippen LogP contribution is 2.27. The Balaban J connectivity index is 1.74. The van der Waals surface area contributed by atoms with E-state index in [4.69, 9.17) is 15.0 Å². The summed E-state index contributed by atoms with van der Waals surface area (Å²) in [6, 6.07) is 9.31. The lowest BCUT2D eigenvalue weighted by Crippen LogP contribution is -2.52. The molecule has 0 spiro atoms. The van der Waals surface area contributed by atoms with Gasteiger partial charge in [-0.1, -0.05) is 23.3 Å². The molecular weight excluding hydrogens is 260 g/mol. The molecule has 3 rings (SSSR count). The van der Waals surface area contributed by atoms with Crippen LogP contribution in [0.15, 0.2) is 40.4 Å². The van der Waals surface area contributed by atoms with Crippen molar-refractivity contribution in [3.05, 3.63) is 46.3 Å². The highest BCUT2D eigenvalue weighted by molar-refractivity contribution is 5.95. The Kier molecular flexibility index (Phi) is 3.56. The molecule has 0 aromatic heterocycles. The van der Waals surface area contributed by atoms with Gasteiger partial charge in [-0.3, -0.25) is 0 Å². The van der Waals surface area contributed by atoms with Gasteiger partial charge in [0.2, 0.25) is 5.90 Å². The van der Waals surface area contributed by atoms with Crippen LogP contribution in [0, 0.1) is 0 Å². The Hall–Kier alpha value is -2.08. The molecule has 1 aromatic carbocycles. The van der Waals surface area contributed by atoms with E-state index in [1.807, 2.05) is 30.3 Å². The Labute approximate surface area is 115 Å². The van der Waals surface area contributed by atoms with Gasteiger partial charge in [-0.25, -0.2) is 4.99 Å².